The number of guanidine groups is 1. The molecule has 2 rings (SSSR count). The number of para-hydroxylation sites is 1. The van der Waals surface area contributed by atoms with Crippen molar-refractivity contribution in [3.63, 3.8) is 0 Å². The number of alkyl halides is 2. The average molecular weight is 341 g/mol. The predicted molar refractivity (Wildman–Crippen MR) is 89.2 cm³/mol. The number of rotatable bonds is 7. The van der Waals surface area contributed by atoms with Crippen LogP contribution in [0.4, 0.5) is 8.78 Å². The maximum absolute atomic E-state index is 12.4. The minimum Gasteiger partial charge on any atom is -0.434 e. The van der Waals surface area contributed by atoms with Crippen LogP contribution in [-0.2, 0) is 6.54 Å². The molecule has 24 heavy (non-hydrogen) atoms. The van der Waals surface area contributed by atoms with E-state index in [9.17, 15) is 13.9 Å². The first-order valence-corrected chi connectivity index (χ1v) is 8.33. The summed E-state index contributed by atoms with van der Waals surface area (Å²) in [4.78, 5) is 4.43. The third-order valence-corrected chi connectivity index (χ3v) is 4.09. The first kappa shape index (κ1) is 18.4. The van der Waals surface area contributed by atoms with Crippen LogP contribution in [0.2, 0.25) is 0 Å². The fourth-order valence-electron chi connectivity index (χ4n) is 2.83. The fraction of sp³-hybridized carbons (Fsp3) is 0.588. The van der Waals surface area contributed by atoms with Gasteiger partial charge < -0.3 is 20.5 Å². The normalized spacial score (nSPS) is 21.1. The minimum absolute atomic E-state index is 0.137. The van der Waals surface area contributed by atoms with Crippen LogP contribution in [0.5, 0.6) is 5.75 Å². The Morgan fingerprint density at radius 3 is 2.79 bits per heavy atom. The molecule has 2 unspecified atom stereocenters. The molecule has 0 amide bonds. The topological polar surface area (TPSA) is 65.9 Å². The monoisotopic (exact) mass is 341 g/mol. The third-order valence-electron chi connectivity index (χ3n) is 4.09. The van der Waals surface area contributed by atoms with Crippen LogP contribution in [0.1, 0.15) is 31.7 Å². The van der Waals surface area contributed by atoms with Gasteiger partial charge in [0.1, 0.15) is 5.75 Å². The standard InChI is InChI=1S/C17H25F2N3O2/c1-2-20-17(21-10-12-7-5-8-14(12)23)22-11-13-6-3-4-9-15(13)24-16(18)19/h3-4,6,9,12,14,16,23H,2,5,7-8,10-11H2,1H3,(H2,20,21,22). The van der Waals surface area contributed by atoms with Crippen molar-refractivity contribution in [1.82, 2.24) is 10.6 Å². The summed E-state index contributed by atoms with van der Waals surface area (Å²) >= 11 is 0. The van der Waals surface area contributed by atoms with Gasteiger partial charge in [-0.05, 0) is 25.8 Å². The number of aliphatic imine (C=N–C) groups is 1. The largest absolute Gasteiger partial charge is 0.434 e. The highest BCUT2D eigenvalue weighted by Crippen LogP contribution is 2.24. The molecule has 0 heterocycles. The van der Waals surface area contributed by atoms with Crippen LogP contribution in [0.15, 0.2) is 29.3 Å². The molecule has 7 heteroatoms. The van der Waals surface area contributed by atoms with Crippen LogP contribution in [0, 0.1) is 5.92 Å². The molecular weight excluding hydrogens is 316 g/mol. The fourth-order valence-corrected chi connectivity index (χ4v) is 2.83. The summed E-state index contributed by atoms with van der Waals surface area (Å²) in [6.07, 6.45) is 2.62. The number of aliphatic hydroxyl groups is 1. The van der Waals surface area contributed by atoms with E-state index in [2.05, 4.69) is 20.4 Å². The first-order valence-electron chi connectivity index (χ1n) is 8.33. The Morgan fingerprint density at radius 2 is 2.12 bits per heavy atom. The number of halogens is 2. The Labute approximate surface area is 141 Å². The summed E-state index contributed by atoms with van der Waals surface area (Å²) in [6, 6.07) is 6.63. The van der Waals surface area contributed by atoms with Crippen LogP contribution in [-0.4, -0.2) is 36.9 Å². The van der Waals surface area contributed by atoms with Crippen LogP contribution >= 0.6 is 0 Å². The van der Waals surface area contributed by atoms with Crippen LogP contribution in [0.3, 0.4) is 0 Å². The van der Waals surface area contributed by atoms with Crippen molar-refractivity contribution in [2.24, 2.45) is 10.9 Å². The number of benzene rings is 1. The van der Waals surface area contributed by atoms with Gasteiger partial charge in [0.15, 0.2) is 5.96 Å². The first-order chi connectivity index (χ1) is 11.6. The molecule has 0 bridgehead atoms. The zero-order chi connectivity index (χ0) is 17.4. The lowest BCUT2D eigenvalue weighted by molar-refractivity contribution is -0.0504. The summed E-state index contributed by atoms with van der Waals surface area (Å²) in [7, 11) is 0. The quantitative estimate of drug-likeness (QED) is 0.527. The Bertz CT molecular complexity index is 540. The second kappa shape index (κ2) is 9.42. The number of nitrogens with zero attached hydrogens (tertiary/aromatic N) is 1. The Hall–Kier alpha value is -1.89. The van der Waals surface area contributed by atoms with Crippen molar-refractivity contribution in [3.05, 3.63) is 29.8 Å². The molecule has 0 spiro atoms. The summed E-state index contributed by atoms with van der Waals surface area (Å²) in [6.45, 7) is 0.655. The molecule has 0 radical (unpaired) electrons. The van der Waals surface area contributed by atoms with Gasteiger partial charge in [-0.3, -0.25) is 0 Å². The smallest absolute Gasteiger partial charge is 0.387 e. The molecule has 1 aromatic carbocycles. The highest BCUT2D eigenvalue weighted by Gasteiger charge is 2.25. The summed E-state index contributed by atoms with van der Waals surface area (Å²) in [5, 5.41) is 16.2. The highest BCUT2D eigenvalue weighted by molar-refractivity contribution is 5.79. The second-order valence-electron chi connectivity index (χ2n) is 5.82. The molecule has 2 atom stereocenters. The van der Waals surface area contributed by atoms with Gasteiger partial charge in [0.2, 0.25) is 0 Å². The van der Waals surface area contributed by atoms with Crippen LogP contribution in [0.25, 0.3) is 0 Å². The molecule has 1 aliphatic rings. The van der Waals surface area contributed by atoms with E-state index in [1.807, 2.05) is 6.92 Å². The number of hydrogen-bond donors (Lipinski definition) is 3. The average Bonchev–Trinajstić information content (AvgIpc) is 2.96. The van der Waals surface area contributed by atoms with E-state index in [0.717, 1.165) is 19.3 Å². The minimum atomic E-state index is -2.86. The molecule has 1 fully saturated rings. The van der Waals surface area contributed by atoms with Gasteiger partial charge in [-0.15, -0.1) is 0 Å². The predicted octanol–water partition coefficient (Wildman–Crippen LogP) is 2.50. The lowest BCUT2D eigenvalue weighted by Gasteiger charge is -2.18. The Kier molecular flexibility index (Phi) is 7.24. The van der Waals surface area contributed by atoms with Gasteiger partial charge in [0, 0.05) is 24.6 Å². The lowest BCUT2D eigenvalue weighted by Crippen LogP contribution is -2.41. The van der Waals surface area contributed by atoms with E-state index >= 15 is 0 Å². The van der Waals surface area contributed by atoms with Crippen molar-refractivity contribution in [2.45, 2.75) is 45.4 Å². The third kappa shape index (κ3) is 5.63. The molecule has 5 nitrogen and oxygen atoms in total. The molecule has 0 aromatic heterocycles. The maximum Gasteiger partial charge on any atom is 0.387 e. The molecule has 0 saturated heterocycles. The Balaban J connectivity index is 1.97. The van der Waals surface area contributed by atoms with Gasteiger partial charge in [-0.2, -0.15) is 8.78 Å². The van der Waals surface area contributed by atoms with E-state index in [4.69, 9.17) is 0 Å². The SMILES string of the molecule is CCNC(=NCc1ccccc1OC(F)F)NCC1CCCC1O. The second-order valence-corrected chi connectivity index (χ2v) is 5.82. The van der Waals surface area contributed by atoms with Crippen molar-refractivity contribution in [3.8, 4) is 5.75 Å². The van der Waals surface area contributed by atoms with Gasteiger partial charge in [0.25, 0.3) is 0 Å². The van der Waals surface area contributed by atoms with E-state index in [0.29, 0.717) is 24.6 Å². The molecule has 3 N–H and O–H groups in total. The summed E-state index contributed by atoms with van der Waals surface area (Å²) < 4.78 is 29.4. The van der Waals surface area contributed by atoms with Crippen molar-refractivity contribution in [2.75, 3.05) is 13.1 Å². The summed E-state index contributed by atoms with van der Waals surface area (Å²) in [5.74, 6) is 0.963. The highest BCUT2D eigenvalue weighted by atomic mass is 19.3. The molecule has 1 aliphatic carbocycles. The molecule has 0 aliphatic heterocycles. The molecule has 1 aromatic rings. The Morgan fingerprint density at radius 1 is 1.33 bits per heavy atom. The number of hydrogen-bond acceptors (Lipinski definition) is 3. The van der Waals surface area contributed by atoms with E-state index in [1.54, 1.807) is 18.2 Å². The zero-order valence-electron chi connectivity index (χ0n) is 13.8. The zero-order valence-corrected chi connectivity index (χ0v) is 13.8. The lowest BCUT2D eigenvalue weighted by atomic mass is 10.1. The number of nitrogens with one attached hydrogen (secondary N) is 2. The van der Waals surface area contributed by atoms with Crippen LogP contribution < -0.4 is 15.4 Å². The van der Waals surface area contributed by atoms with E-state index in [1.165, 1.54) is 6.07 Å². The molecule has 1 saturated carbocycles. The maximum atomic E-state index is 12.4. The van der Waals surface area contributed by atoms with Crippen molar-refractivity contribution < 1.29 is 18.6 Å². The van der Waals surface area contributed by atoms with E-state index in [-0.39, 0.29) is 24.3 Å². The number of ether oxygens (including phenoxy) is 1. The van der Waals surface area contributed by atoms with Crippen molar-refractivity contribution in [1.29, 1.82) is 0 Å². The van der Waals surface area contributed by atoms with Gasteiger partial charge >= 0.3 is 6.61 Å². The molecular formula is C17H25F2N3O2. The van der Waals surface area contributed by atoms with E-state index < -0.39 is 6.61 Å². The molecule has 134 valence electrons. The van der Waals surface area contributed by atoms with Gasteiger partial charge in [-0.25, -0.2) is 4.99 Å². The summed E-state index contributed by atoms with van der Waals surface area (Å²) in [5.41, 5.74) is 0.593. The van der Waals surface area contributed by atoms with Gasteiger partial charge in [-0.1, -0.05) is 24.6 Å². The van der Waals surface area contributed by atoms with Gasteiger partial charge in [0.05, 0.1) is 12.6 Å². The van der Waals surface area contributed by atoms with Crippen molar-refractivity contribution >= 4 is 5.96 Å². The number of aliphatic hydroxyl groups excluding tert-OH is 1.